The maximum absolute atomic E-state index is 11.7. The van der Waals surface area contributed by atoms with E-state index >= 15 is 0 Å². The van der Waals surface area contributed by atoms with Crippen LogP contribution < -0.4 is 15.5 Å². The van der Waals surface area contributed by atoms with Crippen molar-refractivity contribution < 1.29 is 14.3 Å². The Hall–Kier alpha value is -2.24. The highest BCUT2D eigenvalue weighted by atomic mass is 16.6. The lowest BCUT2D eigenvalue weighted by atomic mass is 10.2. The molecule has 108 valence electrons. The molecule has 0 aliphatic carbocycles. The number of benzene rings is 1. The van der Waals surface area contributed by atoms with Crippen LogP contribution in [0.5, 0.6) is 0 Å². The molecule has 6 heteroatoms. The predicted molar refractivity (Wildman–Crippen MR) is 77.0 cm³/mol. The molecule has 1 aromatic carbocycles. The summed E-state index contributed by atoms with van der Waals surface area (Å²) in [6, 6.07) is 6.98. The van der Waals surface area contributed by atoms with Crippen molar-refractivity contribution in [1.82, 2.24) is 5.32 Å². The number of rotatable bonds is 2. The number of amides is 3. The third-order valence-corrected chi connectivity index (χ3v) is 2.66. The van der Waals surface area contributed by atoms with Gasteiger partial charge in [0.05, 0.1) is 0 Å². The second-order valence-corrected chi connectivity index (χ2v) is 5.56. The number of hydrogen-bond donors (Lipinski definition) is 2. The summed E-state index contributed by atoms with van der Waals surface area (Å²) in [5.74, 6) is 0. The number of carbonyl (C=O) groups excluding carboxylic acids is 2. The van der Waals surface area contributed by atoms with Crippen molar-refractivity contribution in [3.05, 3.63) is 24.3 Å². The SMILES string of the molecule is CC(C)(C)OC(=O)Nc1cccc(N2CCNC2=O)c1. The van der Waals surface area contributed by atoms with Crippen LogP contribution in [0.25, 0.3) is 0 Å². The normalized spacial score (nSPS) is 14.9. The molecule has 0 saturated carbocycles. The first-order chi connectivity index (χ1) is 9.35. The third kappa shape index (κ3) is 3.63. The van der Waals surface area contributed by atoms with Gasteiger partial charge in [-0.3, -0.25) is 10.2 Å². The van der Waals surface area contributed by atoms with Crippen LogP contribution >= 0.6 is 0 Å². The Bertz CT molecular complexity index is 523. The summed E-state index contributed by atoms with van der Waals surface area (Å²) in [6.07, 6.45) is -0.513. The monoisotopic (exact) mass is 277 g/mol. The average Bonchev–Trinajstić information content (AvgIpc) is 2.73. The molecule has 0 unspecified atom stereocenters. The van der Waals surface area contributed by atoms with E-state index in [0.717, 1.165) is 5.69 Å². The third-order valence-electron chi connectivity index (χ3n) is 2.66. The van der Waals surface area contributed by atoms with Crippen LogP contribution in [0.15, 0.2) is 24.3 Å². The number of hydrogen-bond acceptors (Lipinski definition) is 3. The fourth-order valence-corrected chi connectivity index (χ4v) is 1.89. The molecule has 1 fully saturated rings. The van der Waals surface area contributed by atoms with Crippen LogP contribution in [0.4, 0.5) is 21.0 Å². The van der Waals surface area contributed by atoms with Gasteiger partial charge in [-0.25, -0.2) is 9.59 Å². The smallest absolute Gasteiger partial charge is 0.412 e. The molecule has 3 amide bonds. The molecule has 0 atom stereocenters. The summed E-state index contributed by atoms with van der Waals surface area (Å²) in [6.45, 7) is 6.66. The Kier molecular flexibility index (Phi) is 3.83. The molecule has 2 N–H and O–H groups in total. The van der Waals surface area contributed by atoms with Crippen LogP contribution in [0.2, 0.25) is 0 Å². The van der Waals surface area contributed by atoms with Gasteiger partial charge < -0.3 is 10.1 Å². The minimum Gasteiger partial charge on any atom is -0.444 e. The lowest BCUT2D eigenvalue weighted by Crippen LogP contribution is -2.28. The van der Waals surface area contributed by atoms with E-state index in [4.69, 9.17) is 4.74 Å². The summed E-state index contributed by atoms with van der Waals surface area (Å²) in [5, 5.41) is 5.39. The van der Waals surface area contributed by atoms with Gasteiger partial charge in [-0.1, -0.05) is 6.07 Å². The van der Waals surface area contributed by atoms with E-state index in [9.17, 15) is 9.59 Å². The Morgan fingerprint density at radius 1 is 1.40 bits per heavy atom. The number of anilines is 2. The minimum atomic E-state index is -0.545. The molecule has 1 aliphatic rings. The zero-order valence-electron chi connectivity index (χ0n) is 11.9. The molecule has 6 nitrogen and oxygen atoms in total. The van der Waals surface area contributed by atoms with Gasteiger partial charge in [0.25, 0.3) is 0 Å². The second kappa shape index (κ2) is 5.40. The molecule has 1 heterocycles. The molecule has 0 radical (unpaired) electrons. The molecular weight excluding hydrogens is 258 g/mol. The van der Waals surface area contributed by atoms with Gasteiger partial charge in [0.1, 0.15) is 5.60 Å². The van der Waals surface area contributed by atoms with Crippen molar-refractivity contribution in [3.63, 3.8) is 0 Å². The average molecular weight is 277 g/mol. The van der Waals surface area contributed by atoms with E-state index in [1.165, 1.54) is 0 Å². The number of nitrogens with one attached hydrogen (secondary N) is 2. The molecule has 0 bridgehead atoms. The highest BCUT2D eigenvalue weighted by Gasteiger charge is 2.21. The molecular formula is C14H19N3O3. The Labute approximate surface area is 118 Å². The molecule has 1 aliphatic heterocycles. The Balaban J connectivity index is 2.06. The Morgan fingerprint density at radius 3 is 2.75 bits per heavy atom. The number of nitrogens with zero attached hydrogens (tertiary/aromatic N) is 1. The van der Waals surface area contributed by atoms with Crippen molar-refractivity contribution >= 4 is 23.5 Å². The first-order valence-electron chi connectivity index (χ1n) is 6.50. The van der Waals surface area contributed by atoms with Crippen LogP contribution in [0, 0.1) is 0 Å². The summed E-state index contributed by atoms with van der Waals surface area (Å²) in [7, 11) is 0. The van der Waals surface area contributed by atoms with E-state index in [2.05, 4.69) is 10.6 Å². The number of ether oxygens (including phenoxy) is 1. The minimum absolute atomic E-state index is 0.126. The topological polar surface area (TPSA) is 70.7 Å². The Morgan fingerprint density at radius 2 is 2.15 bits per heavy atom. The van der Waals surface area contributed by atoms with Crippen molar-refractivity contribution in [2.45, 2.75) is 26.4 Å². The first kappa shape index (κ1) is 14.2. The molecule has 1 saturated heterocycles. The maximum Gasteiger partial charge on any atom is 0.412 e. The van der Waals surface area contributed by atoms with Gasteiger partial charge >= 0.3 is 12.1 Å². The van der Waals surface area contributed by atoms with Crippen molar-refractivity contribution in [1.29, 1.82) is 0 Å². The van der Waals surface area contributed by atoms with E-state index in [1.54, 1.807) is 43.9 Å². The van der Waals surface area contributed by atoms with E-state index in [-0.39, 0.29) is 6.03 Å². The van der Waals surface area contributed by atoms with Crippen molar-refractivity contribution in [2.75, 3.05) is 23.3 Å². The summed E-state index contributed by atoms with van der Waals surface area (Å²) < 4.78 is 5.19. The number of carbonyl (C=O) groups is 2. The van der Waals surface area contributed by atoms with Gasteiger partial charge in [0, 0.05) is 24.5 Å². The van der Waals surface area contributed by atoms with E-state index in [0.29, 0.717) is 18.8 Å². The van der Waals surface area contributed by atoms with Gasteiger partial charge in [0.15, 0.2) is 0 Å². The summed E-state index contributed by atoms with van der Waals surface area (Å²) in [5.41, 5.74) is 0.793. The highest BCUT2D eigenvalue weighted by molar-refractivity contribution is 5.95. The van der Waals surface area contributed by atoms with Gasteiger partial charge in [0.2, 0.25) is 0 Å². The quantitative estimate of drug-likeness (QED) is 0.872. The van der Waals surface area contributed by atoms with Crippen LogP contribution in [0.1, 0.15) is 20.8 Å². The molecule has 0 spiro atoms. The molecule has 1 aromatic rings. The largest absolute Gasteiger partial charge is 0.444 e. The van der Waals surface area contributed by atoms with Crippen LogP contribution in [-0.4, -0.2) is 30.8 Å². The fourth-order valence-electron chi connectivity index (χ4n) is 1.89. The summed E-state index contributed by atoms with van der Waals surface area (Å²) in [4.78, 5) is 24.9. The van der Waals surface area contributed by atoms with E-state index < -0.39 is 11.7 Å². The lowest BCUT2D eigenvalue weighted by Gasteiger charge is -2.20. The van der Waals surface area contributed by atoms with Crippen LogP contribution in [0.3, 0.4) is 0 Å². The summed E-state index contributed by atoms with van der Waals surface area (Å²) >= 11 is 0. The number of urea groups is 1. The lowest BCUT2D eigenvalue weighted by molar-refractivity contribution is 0.0636. The predicted octanol–water partition coefficient (Wildman–Crippen LogP) is 2.56. The zero-order valence-corrected chi connectivity index (χ0v) is 11.9. The standard InChI is InChI=1S/C14H19N3O3/c1-14(2,3)20-13(19)16-10-5-4-6-11(9-10)17-8-7-15-12(17)18/h4-6,9H,7-8H2,1-3H3,(H,15,18)(H,16,19). The molecule has 0 aromatic heterocycles. The van der Waals surface area contributed by atoms with Gasteiger partial charge in [-0.05, 0) is 39.0 Å². The highest BCUT2D eigenvalue weighted by Crippen LogP contribution is 2.21. The fraction of sp³-hybridized carbons (Fsp3) is 0.429. The van der Waals surface area contributed by atoms with Gasteiger partial charge in [-0.2, -0.15) is 0 Å². The molecule has 20 heavy (non-hydrogen) atoms. The molecule has 2 rings (SSSR count). The van der Waals surface area contributed by atoms with Gasteiger partial charge in [-0.15, -0.1) is 0 Å². The van der Waals surface area contributed by atoms with Crippen molar-refractivity contribution in [2.24, 2.45) is 0 Å². The maximum atomic E-state index is 11.7. The zero-order chi connectivity index (χ0) is 14.8. The van der Waals surface area contributed by atoms with Crippen LogP contribution in [-0.2, 0) is 4.74 Å². The second-order valence-electron chi connectivity index (χ2n) is 5.56. The first-order valence-corrected chi connectivity index (χ1v) is 6.50. The van der Waals surface area contributed by atoms with E-state index in [1.807, 2.05) is 6.07 Å². The van der Waals surface area contributed by atoms with Crippen molar-refractivity contribution in [3.8, 4) is 0 Å².